The predicted molar refractivity (Wildman–Crippen MR) is 35.1 cm³/mol. The van der Waals surface area contributed by atoms with E-state index in [1.165, 1.54) is 0 Å². The maximum absolute atomic E-state index is 9.10. The number of hydrogen-bond donors (Lipinski definition) is 2. The molecule has 9 heavy (non-hydrogen) atoms. The van der Waals surface area contributed by atoms with Crippen molar-refractivity contribution in [2.75, 3.05) is 0 Å². The molecule has 1 saturated carbocycles. The standard InChI is InChI=1S/C7H14O2/c8-6-3-1-2-4-7(9)5-6/h6-9H,1-5H2/t6-,7-/m1/s1. The Bertz CT molecular complexity index is 73.0. The Morgan fingerprint density at radius 2 is 1.33 bits per heavy atom. The minimum Gasteiger partial charge on any atom is -0.393 e. The molecule has 0 spiro atoms. The van der Waals surface area contributed by atoms with E-state index in [1.807, 2.05) is 0 Å². The Morgan fingerprint density at radius 3 is 1.78 bits per heavy atom. The molecule has 2 nitrogen and oxygen atoms in total. The summed E-state index contributed by atoms with van der Waals surface area (Å²) in [6.45, 7) is 0. The summed E-state index contributed by atoms with van der Waals surface area (Å²) in [7, 11) is 0. The first-order valence-electron chi connectivity index (χ1n) is 3.65. The molecule has 0 amide bonds. The molecular formula is C7H14O2. The number of hydrogen-bond acceptors (Lipinski definition) is 2. The zero-order chi connectivity index (χ0) is 6.69. The number of aliphatic hydroxyl groups is 2. The topological polar surface area (TPSA) is 40.5 Å². The van der Waals surface area contributed by atoms with Crippen LogP contribution in [0, 0.1) is 0 Å². The van der Waals surface area contributed by atoms with Gasteiger partial charge in [-0.25, -0.2) is 0 Å². The quantitative estimate of drug-likeness (QED) is 0.473. The molecule has 0 bridgehead atoms. The van der Waals surface area contributed by atoms with E-state index in [2.05, 4.69) is 0 Å². The summed E-state index contributed by atoms with van der Waals surface area (Å²) in [6, 6.07) is 0. The summed E-state index contributed by atoms with van der Waals surface area (Å²) in [5.74, 6) is 0. The van der Waals surface area contributed by atoms with E-state index < -0.39 is 0 Å². The fourth-order valence-corrected chi connectivity index (χ4v) is 1.31. The smallest absolute Gasteiger partial charge is 0.0564 e. The van der Waals surface area contributed by atoms with Crippen molar-refractivity contribution in [3.63, 3.8) is 0 Å². The third kappa shape index (κ3) is 2.33. The fraction of sp³-hybridized carbons (Fsp3) is 1.00. The normalized spacial score (nSPS) is 38.0. The van der Waals surface area contributed by atoms with Gasteiger partial charge in [0.25, 0.3) is 0 Å². The Labute approximate surface area is 55.5 Å². The Morgan fingerprint density at radius 1 is 0.889 bits per heavy atom. The maximum Gasteiger partial charge on any atom is 0.0564 e. The molecule has 1 aliphatic rings. The molecule has 54 valence electrons. The van der Waals surface area contributed by atoms with E-state index in [-0.39, 0.29) is 12.2 Å². The van der Waals surface area contributed by atoms with Gasteiger partial charge in [0.15, 0.2) is 0 Å². The summed E-state index contributed by atoms with van der Waals surface area (Å²) < 4.78 is 0. The highest BCUT2D eigenvalue weighted by atomic mass is 16.3. The summed E-state index contributed by atoms with van der Waals surface area (Å²) in [5.41, 5.74) is 0. The molecule has 2 atom stereocenters. The summed E-state index contributed by atoms with van der Waals surface area (Å²) >= 11 is 0. The fourth-order valence-electron chi connectivity index (χ4n) is 1.31. The van der Waals surface area contributed by atoms with Crippen LogP contribution in [-0.2, 0) is 0 Å². The van der Waals surface area contributed by atoms with E-state index in [0.717, 1.165) is 25.7 Å². The van der Waals surface area contributed by atoms with Crippen LogP contribution >= 0.6 is 0 Å². The molecule has 1 aliphatic carbocycles. The van der Waals surface area contributed by atoms with Crippen LogP contribution in [0.15, 0.2) is 0 Å². The molecule has 0 saturated heterocycles. The zero-order valence-corrected chi connectivity index (χ0v) is 5.58. The molecule has 0 unspecified atom stereocenters. The third-order valence-corrected chi connectivity index (χ3v) is 1.87. The molecule has 1 rings (SSSR count). The lowest BCUT2D eigenvalue weighted by molar-refractivity contribution is 0.0848. The van der Waals surface area contributed by atoms with Gasteiger partial charge >= 0.3 is 0 Å². The van der Waals surface area contributed by atoms with Crippen LogP contribution in [0.25, 0.3) is 0 Å². The molecule has 0 heterocycles. The molecule has 0 aromatic rings. The summed E-state index contributed by atoms with van der Waals surface area (Å²) in [4.78, 5) is 0. The number of aliphatic hydroxyl groups excluding tert-OH is 2. The van der Waals surface area contributed by atoms with Gasteiger partial charge < -0.3 is 10.2 Å². The minimum absolute atomic E-state index is 0.248. The molecule has 0 aliphatic heterocycles. The van der Waals surface area contributed by atoms with Crippen molar-refractivity contribution in [3.05, 3.63) is 0 Å². The second kappa shape index (κ2) is 3.18. The second-order valence-corrected chi connectivity index (χ2v) is 2.83. The van der Waals surface area contributed by atoms with E-state index in [1.54, 1.807) is 0 Å². The van der Waals surface area contributed by atoms with Crippen LogP contribution in [0.5, 0.6) is 0 Å². The van der Waals surface area contributed by atoms with Gasteiger partial charge in [0.05, 0.1) is 12.2 Å². The predicted octanol–water partition coefficient (Wildman–Crippen LogP) is 0.672. The van der Waals surface area contributed by atoms with Gasteiger partial charge in [0.1, 0.15) is 0 Å². The van der Waals surface area contributed by atoms with Crippen LogP contribution in [0.1, 0.15) is 32.1 Å². The Kier molecular flexibility index (Phi) is 2.49. The van der Waals surface area contributed by atoms with Gasteiger partial charge in [0, 0.05) is 0 Å². The Balaban J connectivity index is 2.29. The van der Waals surface area contributed by atoms with Crippen molar-refractivity contribution >= 4 is 0 Å². The van der Waals surface area contributed by atoms with Crippen molar-refractivity contribution in [2.24, 2.45) is 0 Å². The highest BCUT2D eigenvalue weighted by molar-refractivity contribution is 4.68. The van der Waals surface area contributed by atoms with E-state index in [9.17, 15) is 0 Å². The van der Waals surface area contributed by atoms with Crippen molar-refractivity contribution in [1.82, 2.24) is 0 Å². The monoisotopic (exact) mass is 130 g/mol. The van der Waals surface area contributed by atoms with Gasteiger partial charge in [-0.1, -0.05) is 12.8 Å². The summed E-state index contributed by atoms with van der Waals surface area (Å²) in [6.07, 6.45) is 3.97. The van der Waals surface area contributed by atoms with Gasteiger partial charge in [-0.2, -0.15) is 0 Å². The average Bonchev–Trinajstić information content (AvgIpc) is 1.93. The first-order chi connectivity index (χ1) is 4.29. The minimum atomic E-state index is -0.248. The first kappa shape index (κ1) is 7.03. The SMILES string of the molecule is O[C@@H]1CCCC[C@@H](O)C1. The van der Waals surface area contributed by atoms with Crippen LogP contribution < -0.4 is 0 Å². The average molecular weight is 130 g/mol. The third-order valence-electron chi connectivity index (χ3n) is 1.87. The van der Waals surface area contributed by atoms with Gasteiger partial charge in [-0.05, 0) is 19.3 Å². The Hall–Kier alpha value is -0.0800. The highest BCUT2D eigenvalue weighted by Crippen LogP contribution is 2.17. The van der Waals surface area contributed by atoms with Crippen LogP contribution in [-0.4, -0.2) is 22.4 Å². The van der Waals surface area contributed by atoms with Crippen LogP contribution in [0.4, 0.5) is 0 Å². The van der Waals surface area contributed by atoms with Gasteiger partial charge in [-0.15, -0.1) is 0 Å². The first-order valence-corrected chi connectivity index (χ1v) is 3.65. The number of rotatable bonds is 0. The highest BCUT2D eigenvalue weighted by Gasteiger charge is 2.14. The van der Waals surface area contributed by atoms with Gasteiger partial charge in [0.2, 0.25) is 0 Å². The van der Waals surface area contributed by atoms with Crippen molar-refractivity contribution in [3.8, 4) is 0 Å². The molecule has 0 aromatic carbocycles. The lowest BCUT2D eigenvalue weighted by Gasteiger charge is -2.08. The second-order valence-electron chi connectivity index (χ2n) is 2.83. The van der Waals surface area contributed by atoms with E-state index in [0.29, 0.717) is 6.42 Å². The molecule has 2 heteroatoms. The molecule has 0 aromatic heterocycles. The van der Waals surface area contributed by atoms with Crippen LogP contribution in [0.2, 0.25) is 0 Å². The lowest BCUT2D eigenvalue weighted by Crippen LogP contribution is -2.13. The van der Waals surface area contributed by atoms with E-state index >= 15 is 0 Å². The molecule has 0 radical (unpaired) electrons. The van der Waals surface area contributed by atoms with Crippen molar-refractivity contribution < 1.29 is 10.2 Å². The van der Waals surface area contributed by atoms with E-state index in [4.69, 9.17) is 10.2 Å². The summed E-state index contributed by atoms with van der Waals surface area (Å²) in [5, 5.41) is 18.2. The van der Waals surface area contributed by atoms with Gasteiger partial charge in [-0.3, -0.25) is 0 Å². The van der Waals surface area contributed by atoms with Crippen molar-refractivity contribution in [1.29, 1.82) is 0 Å². The molecule has 1 fully saturated rings. The van der Waals surface area contributed by atoms with Crippen LogP contribution in [0.3, 0.4) is 0 Å². The molecule has 2 N–H and O–H groups in total. The zero-order valence-electron chi connectivity index (χ0n) is 5.58. The largest absolute Gasteiger partial charge is 0.393 e. The molecular weight excluding hydrogens is 116 g/mol. The van der Waals surface area contributed by atoms with Crippen molar-refractivity contribution in [2.45, 2.75) is 44.3 Å². The maximum atomic E-state index is 9.10. The lowest BCUT2D eigenvalue weighted by atomic mass is 10.1.